The number of phenols is 1. The van der Waals surface area contributed by atoms with Crippen molar-refractivity contribution in [2.45, 2.75) is 57.2 Å². The van der Waals surface area contributed by atoms with Crippen LogP contribution >= 0.6 is 11.8 Å². The fraction of sp³-hybridized carbons (Fsp3) is 0.333. The molecule has 0 bridgehead atoms. The number of aliphatic carboxylic acids is 1. The molecule has 44 heavy (non-hydrogen) atoms. The zero-order valence-electron chi connectivity index (χ0n) is 24.8. The van der Waals surface area contributed by atoms with Crippen LogP contribution in [0.25, 0.3) is 0 Å². The third-order valence-corrected chi connectivity index (χ3v) is 8.11. The Morgan fingerprint density at radius 2 is 1.36 bits per heavy atom. The first-order chi connectivity index (χ1) is 21.2. The van der Waals surface area contributed by atoms with Crippen molar-refractivity contribution >= 4 is 35.6 Å². The third-order valence-electron chi connectivity index (χ3n) is 7.00. The van der Waals surface area contributed by atoms with Gasteiger partial charge in [0.2, 0.25) is 11.8 Å². The van der Waals surface area contributed by atoms with E-state index in [1.165, 1.54) is 23.9 Å². The summed E-state index contributed by atoms with van der Waals surface area (Å²) in [7, 11) is 0. The first-order valence-corrected chi connectivity index (χ1v) is 15.5. The molecule has 5 N–H and O–H groups in total. The van der Waals surface area contributed by atoms with E-state index in [2.05, 4.69) is 16.0 Å². The molecule has 10 nitrogen and oxygen atoms in total. The van der Waals surface area contributed by atoms with Crippen molar-refractivity contribution in [3.05, 3.63) is 102 Å². The average Bonchev–Trinajstić information content (AvgIpc) is 3.03. The van der Waals surface area contributed by atoms with Crippen LogP contribution in [0.1, 0.15) is 37.0 Å². The smallest absolute Gasteiger partial charge is 0.408 e. The van der Waals surface area contributed by atoms with Crippen LogP contribution in [0.3, 0.4) is 0 Å². The summed E-state index contributed by atoms with van der Waals surface area (Å²) in [6, 6.07) is 21.5. The number of alkyl carbamates (subject to hydrolysis) is 1. The Balaban J connectivity index is 1.77. The molecule has 4 atom stereocenters. The van der Waals surface area contributed by atoms with E-state index < -0.39 is 42.0 Å². The number of phenolic OH excluding ortho intramolecular Hbond substituents is 1. The van der Waals surface area contributed by atoms with E-state index >= 15 is 0 Å². The summed E-state index contributed by atoms with van der Waals surface area (Å²) < 4.78 is 5.34. The number of amides is 3. The SMILES string of the molecule is CCC(C)C(NC(=O)C(Cc1ccc(O)cc1)NC(=O)C(CSCc1ccccc1)NC(=O)OCc1ccccc1)C(=O)O. The van der Waals surface area contributed by atoms with E-state index in [1.807, 2.05) is 67.6 Å². The zero-order valence-corrected chi connectivity index (χ0v) is 25.6. The summed E-state index contributed by atoms with van der Waals surface area (Å²) in [6.45, 7) is 3.55. The van der Waals surface area contributed by atoms with E-state index in [0.717, 1.165) is 11.1 Å². The highest BCUT2D eigenvalue weighted by atomic mass is 32.2. The first-order valence-electron chi connectivity index (χ1n) is 14.4. The average molecular weight is 622 g/mol. The van der Waals surface area contributed by atoms with Crippen molar-refractivity contribution in [1.29, 1.82) is 0 Å². The van der Waals surface area contributed by atoms with Crippen LogP contribution in [0.4, 0.5) is 4.79 Å². The molecule has 0 aliphatic heterocycles. The monoisotopic (exact) mass is 621 g/mol. The van der Waals surface area contributed by atoms with Gasteiger partial charge in [-0.15, -0.1) is 0 Å². The minimum atomic E-state index is -1.18. The molecule has 0 fully saturated rings. The highest BCUT2D eigenvalue weighted by Gasteiger charge is 2.32. The summed E-state index contributed by atoms with van der Waals surface area (Å²) in [5.41, 5.74) is 2.45. The van der Waals surface area contributed by atoms with Crippen LogP contribution in [0.15, 0.2) is 84.9 Å². The largest absolute Gasteiger partial charge is 0.508 e. The molecule has 0 heterocycles. The van der Waals surface area contributed by atoms with Crippen LogP contribution in [0.5, 0.6) is 5.75 Å². The topological polar surface area (TPSA) is 154 Å². The third kappa shape index (κ3) is 11.3. The molecule has 0 spiro atoms. The normalized spacial score (nSPS) is 13.5. The number of hydrogen-bond acceptors (Lipinski definition) is 7. The standard InChI is InChI=1S/C33H39N3O7S/c1-3-22(2)29(32(40)41)36-30(38)27(18-23-14-16-26(37)17-15-23)34-31(39)28(21-44-20-25-12-8-5-9-13-25)35-33(42)43-19-24-10-6-4-7-11-24/h4-17,22,27-29,37H,3,18-21H2,1-2H3,(H,34,39)(H,35,42)(H,36,38)(H,40,41). The molecule has 3 aromatic carbocycles. The van der Waals surface area contributed by atoms with Crippen molar-refractivity contribution in [3.63, 3.8) is 0 Å². The van der Waals surface area contributed by atoms with Gasteiger partial charge in [-0.2, -0.15) is 11.8 Å². The molecule has 0 aliphatic rings. The minimum Gasteiger partial charge on any atom is -0.508 e. The predicted molar refractivity (Wildman–Crippen MR) is 169 cm³/mol. The molecule has 0 aliphatic carbocycles. The highest BCUT2D eigenvalue weighted by molar-refractivity contribution is 7.98. The van der Waals surface area contributed by atoms with Gasteiger partial charge in [0, 0.05) is 17.9 Å². The Labute approximate surface area is 261 Å². The maximum atomic E-state index is 13.6. The molecule has 4 unspecified atom stereocenters. The van der Waals surface area contributed by atoms with Gasteiger partial charge in [0.15, 0.2) is 0 Å². The van der Waals surface area contributed by atoms with Gasteiger partial charge in [0.05, 0.1) is 0 Å². The summed E-state index contributed by atoms with van der Waals surface area (Å²) in [6.07, 6.45) is -0.258. The highest BCUT2D eigenvalue weighted by Crippen LogP contribution is 2.16. The summed E-state index contributed by atoms with van der Waals surface area (Å²) in [5.74, 6) is -2.05. The lowest BCUT2D eigenvalue weighted by atomic mass is 9.98. The number of ether oxygens (including phenoxy) is 1. The number of carbonyl (C=O) groups is 4. The molecule has 234 valence electrons. The van der Waals surface area contributed by atoms with Gasteiger partial charge in [-0.05, 0) is 34.7 Å². The Kier molecular flexibility index (Phi) is 13.6. The molecule has 0 radical (unpaired) electrons. The van der Waals surface area contributed by atoms with Crippen molar-refractivity contribution in [2.75, 3.05) is 5.75 Å². The molecule has 0 saturated heterocycles. The zero-order chi connectivity index (χ0) is 31.9. The van der Waals surface area contributed by atoms with E-state index in [0.29, 0.717) is 17.7 Å². The first kappa shape index (κ1) is 34.0. The summed E-state index contributed by atoms with van der Waals surface area (Å²) >= 11 is 1.42. The Morgan fingerprint density at radius 3 is 1.95 bits per heavy atom. The second kappa shape index (κ2) is 17.6. The van der Waals surface area contributed by atoms with Crippen molar-refractivity contribution < 1.29 is 34.1 Å². The number of carboxylic acid groups (broad SMARTS) is 1. The maximum absolute atomic E-state index is 13.6. The number of benzene rings is 3. The number of carbonyl (C=O) groups excluding carboxylic acids is 3. The molecule has 3 aromatic rings. The van der Waals surface area contributed by atoms with Crippen LogP contribution in [-0.4, -0.2) is 58.0 Å². The van der Waals surface area contributed by atoms with Crippen molar-refractivity contribution in [3.8, 4) is 5.75 Å². The van der Waals surface area contributed by atoms with Gasteiger partial charge in [0.25, 0.3) is 0 Å². The van der Waals surface area contributed by atoms with Gasteiger partial charge in [-0.1, -0.05) is 93.1 Å². The Hall–Kier alpha value is -4.51. The van der Waals surface area contributed by atoms with E-state index in [4.69, 9.17) is 4.74 Å². The minimum absolute atomic E-state index is 0.0102. The van der Waals surface area contributed by atoms with Crippen LogP contribution in [-0.2, 0) is 37.9 Å². The van der Waals surface area contributed by atoms with Crippen LogP contribution < -0.4 is 16.0 Å². The lowest BCUT2D eigenvalue weighted by molar-refractivity contribution is -0.143. The molecular weight excluding hydrogens is 582 g/mol. The number of nitrogens with one attached hydrogen (secondary N) is 3. The second-order valence-corrected chi connectivity index (χ2v) is 11.4. The summed E-state index contributed by atoms with van der Waals surface area (Å²) in [5, 5.41) is 27.3. The van der Waals surface area contributed by atoms with E-state index in [1.54, 1.807) is 19.1 Å². The number of rotatable bonds is 16. The Bertz CT molecular complexity index is 1360. The molecular formula is C33H39N3O7S. The number of hydrogen-bond donors (Lipinski definition) is 5. The van der Waals surface area contributed by atoms with Gasteiger partial charge >= 0.3 is 12.1 Å². The molecule has 0 saturated carbocycles. The number of aromatic hydroxyl groups is 1. The lowest BCUT2D eigenvalue weighted by Crippen LogP contribution is -2.57. The number of carboxylic acids is 1. The van der Waals surface area contributed by atoms with Crippen molar-refractivity contribution in [1.82, 2.24) is 16.0 Å². The fourth-order valence-electron chi connectivity index (χ4n) is 4.25. The van der Waals surface area contributed by atoms with Gasteiger partial charge in [0.1, 0.15) is 30.5 Å². The van der Waals surface area contributed by atoms with Gasteiger partial charge in [-0.3, -0.25) is 9.59 Å². The Morgan fingerprint density at radius 1 is 0.773 bits per heavy atom. The molecule has 11 heteroatoms. The van der Waals surface area contributed by atoms with Crippen molar-refractivity contribution in [2.24, 2.45) is 5.92 Å². The molecule has 0 aromatic heterocycles. The van der Waals surface area contributed by atoms with Gasteiger partial charge in [-0.25, -0.2) is 9.59 Å². The van der Waals surface area contributed by atoms with E-state index in [9.17, 15) is 29.4 Å². The maximum Gasteiger partial charge on any atom is 0.408 e. The van der Waals surface area contributed by atoms with Crippen LogP contribution in [0.2, 0.25) is 0 Å². The second-order valence-electron chi connectivity index (χ2n) is 10.4. The molecule has 3 rings (SSSR count). The van der Waals surface area contributed by atoms with Crippen LogP contribution in [0, 0.1) is 5.92 Å². The molecule has 3 amide bonds. The van der Waals surface area contributed by atoms with Gasteiger partial charge < -0.3 is 30.9 Å². The number of thioether (sulfide) groups is 1. The van der Waals surface area contributed by atoms with E-state index in [-0.39, 0.29) is 30.4 Å². The fourth-order valence-corrected chi connectivity index (χ4v) is 5.26. The summed E-state index contributed by atoms with van der Waals surface area (Å²) in [4.78, 5) is 51.7. The quantitative estimate of drug-likeness (QED) is 0.159. The predicted octanol–water partition coefficient (Wildman–Crippen LogP) is 4.26. The lowest BCUT2D eigenvalue weighted by Gasteiger charge is -2.26.